The molecular formula is C26H25N3O4S2. The van der Waals surface area contributed by atoms with Gasteiger partial charge in [-0.3, -0.25) is 9.69 Å². The molecule has 7 nitrogen and oxygen atoms in total. The quantitative estimate of drug-likeness (QED) is 0.333. The number of thiophene rings is 1. The van der Waals surface area contributed by atoms with Gasteiger partial charge in [-0.25, -0.2) is 9.78 Å². The highest BCUT2D eigenvalue weighted by Crippen LogP contribution is 2.34. The van der Waals surface area contributed by atoms with Crippen molar-refractivity contribution < 1.29 is 19.4 Å². The summed E-state index contributed by atoms with van der Waals surface area (Å²) in [6.45, 7) is 1.07. The summed E-state index contributed by atoms with van der Waals surface area (Å²) in [7, 11) is 1.63. The number of thiazole rings is 1. The highest BCUT2D eigenvalue weighted by Gasteiger charge is 2.29. The Kier molecular flexibility index (Phi) is 6.81. The van der Waals surface area contributed by atoms with Crippen LogP contribution in [0.5, 0.6) is 5.75 Å². The van der Waals surface area contributed by atoms with Crippen LogP contribution in [0, 0.1) is 0 Å². The highest BCUT2D eigenvalue weighted by molar-refractivity contribution is 7.21. The molecule has 1 amide bonds. The van der Waals surface area contributed by atoms with Gasteiger partial charge in [0.2, 0.25) is 5.91 Å². The average Bonchev–Trinajstić information content (AvgIpc) is 3.59. The second kappa shape index (κ2) is 10.2. The minimum atomic E-state index is -0.889. The molecule has 4 aromatic rings. The molecule has 1 fully saturated rings. The van der Waals surface area contributed by atoms with Crippen LogP contribution in [0.4, 0.5) is 5.13 Å². The first-order valence-corrected chi connectivity index (χ1v) is 13.1. The van der Waals surface area contributed by atoms with E-state index in [0.717, 1.165) is 52.0 Å². The second-order valence-electron chi connectivity index (χ2n) is 8.50. The lowest BCUT2D eigenvalue weighted by Crippen LogP contribution is -2.38. The van der Waals surface area contributed by atoms with Crippen LogP contribution in [0.1, 0.15) is 28.1 Å². The molecule has 2 N–H and O–H groups in total. The molecule has 2 aromatic heterocycles. The van der Waals surface area contributed by atoms with Gasteiger partial charge in [0.1, 0.15) is 10.6 Å². The molecule has 1 atom stereocenters. The summed E-state index contributed by atoms with van der Waals surface area (Å²) >= 11 is 2.72. The Morgan fingerprint density at radius 2 is 2.00 bits per heavy atom. The third-order valence-corrected chi connectivity index (χ3v) is 8.27. The molecule has 35 heavy (non-hydrogen) atoms. The van der Waals surface area contributed by atoms with Crippen molar-refractivity contribution >= 4 is 49.8 Å². The number of rotatable bonds is 8. The van der Waals surface area contributed by atoms with Crippen LogP contribution in [0.25, 0.3) is 21.3 Å². The smallest absolute Gasteiger partial charge is 0.346 e. The first-order chi connectivity index (χ1) is 17.0. The van der Waals surface area contributed by atoms with E-state index in [1.165, 1.54) is 22.7 Å². The summed E-state index contributed by atoms with van der Waals surface area (Å²) in [5.74, 6) is -0.218. The summed E-state index contributed by atoms with van der Waals surface area (Å²) in [4.78, 5) is 31.8. The van der Waals surface area contributed by atoms with Gasteiger partial charge < -0.3 is 15.2 Å². The molecule has 0 radical (unpaired) electrons. The summed E-state index contributed by atoms with van der Waals surface area (Å²) in [6, 6.07) is 15.6. The van der Waals surface area contributed by atoms with Crippen LogP contribution in [-0.2, 0) is 11.2 Å². The van der Waals surface area contributed by atoms with E-state index in [-0.39, 0.29) is 18.5 Å². The zero-order chi connectivity index (χ0) is 24.4. The van der Waals surface area contributed by atoms with Gasteiger partial charge in [-0.2, -0.15) is 0 Å². The average molecular weight is 508 g/mol. The van der Waals surface area contributed by atoms with Crippen LogP contribution in [0.2, 0.25) is 0 Å². The standard InChI is InChI=1S/C26H25N3O4S2/c1-33-18-10-8-16(9-11-18)21-15-34-26(27-21)28-23(30)14-29-12-4-5-17(29)13-20-19-6-2-3-7-22(19)35-24(20)25(31)32/h2-3,6-11,15,17H,4-5,12-14H2,1H3,(H,31,32)(H,27,28,30)/t17-/m0/s1. The van der Waals surface area contributed by atoms with E-state index in [1.54, 1.807) is 7.11 Å². The van der Waals surface area contributed by atoms with Crippen LogP contribution in [0.3, 0.4) is 0 Å². The monoisotopic (exact) mass is 507 g/mol. The number of benzene rings is 2. The van der Waals surface area contributed by atoms with Gasteiger partial charge in [0, 0.05) is 21.7 Å². The van der Waals surface area contributed by atoms with E-state index in [4.69, 9.17) is 4.74 Å². The Morgan fingerprint density at radius 1 is 1.20 bits per heavy atom. The summed E-state index contributed by atoms with van der Waals surface area (Å²) < 4.78 is 6.18. The zero-order valence-corrected chi connectivity index (χ0v) is 20.8. The molecular weight excluding hydrogens is 482 g/mol. The maximum Gasteiger partial charge on any atom is 0.346 e. The molecule has 0 saturated carbocycles. The van der Waals surface area contributed by atoms with E-state index >= 15 is 0 Å². The zero-order valence-electron chi connectivity index (χ0n) is 19.2. The third kappa shape index (κ3) is 5.07. The van der Waals surface area contributed by atoms with E-state index in [9.17, 15) is 14.7 Å². The molecule has 0 spiro atoms. The van der Waals surface area contributed by atoms with Gasteiger partial charge in [0.15, 0.2) is 5.13 Å². The Hall–Kier alpha value is -3.27. The fourth-order valence-corrected chi connectivity index (χ4v) is 6.42. The Labute approximate surface area is 211 Å². The van der Waals surface area contributed by atoms with Crippen molar-refractivity contribution in [1.29, 1.82) is 0 Å². The number of carboxylic acids is 1. The van der Waals surface area contributed by atoms with E-state index in [1.807, 2.05) is 53.9 Å². The Balaban J connectivity index is 1.25. The molecule has 3 heterocycles. The van der Waals surface area contributed by atoms with Crippen molar-refractivity contribution in [3.8, 4) is 17.0 Å². The molecule has 9 heteroatoms. The first-order valence-electron chi connectivity index (χ1n) is 11.4. The summed E-state index contributed by atoms with van der Waals surface area (Å²) in [6.07, 6.45) is 2.55. The predicted octanol–water partition coefficient (Wildman–Crippen LogP) is 5.38. The second-order valence-corrected chi connectivity index (χ2v) is 10.4. The number of fused-ring (bicyclic) bond motifs is 1. The number of anilines is 1. The minimum absolute atomic E-state index is 0.110. The van der Waals surface area contributed by atoms with Gasteiger partial charge in [-0.1, -0.05) is 18.2 Å². The molecule has 1 aliphatic rings. The molecule has 1 aliphatic heterocycles. The van der Waals surface area contributed by atoms with E-state index in [0.29, 0.717) is 16.4 Å². The number of carbonyl (C=O) groups excluding carboxylic acids is 1. The number of hydrogen-bond acceptors (Lipinski definition) is 7. The van der Waals surface area contributed by atoms with Crippen molar-refractivity contribution in [3.63, 3.8) is 0 Å². The van der Waals surface area contributed by atoms with E-state index in [2.05, 4.69) is 15.2 Å². The molecule has 2 aromatic carbocycles. The number of likely N-dealkylation sites (tertiary alicyclic amines) is 1. The van der Waals surface area contributed by atoms with Gasteiger partial charge in [0.05, 0.1) is 19.3 Å². The number of hydrogen-bond donors (Lipinski definition) is 2. The molecule has 0 bridgehead atoms. The molecule has 1 saturated heterocycles. The van der Waals surface area contributed by atoms with E-state index < -0.39 is 5.97 Å². The molecule has 0 aliphatic carbocycles. The molecule has 5 rings (SSSR count). The maximum atomic E-state index is 12.8. The SMILES string of the molecule is COc1ccc(-c2csc(NC(=O)CN3CCC[C@H]3Cc3c(C(=O)O)sc4ccccc34)n2)cc1. The fourth-order valence-electron chi connectivity index (χ4n) is 4.61. The molecule has 180 valence electrons. The van der Waals surface area contributed by atoms with Gasteiger partial charge in [-0.05, 0) is 67.1 Å². The number of nitrogens with one attached hydrogen (secondary N) is 1. The number of aromatic nitrogens is 1. The maximum absolute atomic E-state index is 12.8. The number of carboxylic acid groups (broad SMARTS) is 1. The molecule has 0 unspecified atom stereocenters. The topological polar surface area (TPSA) is 91.8 Å². The number of carbonyl (C=O) groups is 2. The highest BCUT2D eigenvalue weighted by atomic mass is 32.1. The lowest BCUT2D eigenvalue weighted by Gasteiger charge is -2.23. The normalized spacial score (nSPS) is 16.0. The van der Waals surface area contributed by atoms with Crippen molar-refractivity contribution in [1.82, 2.24) is 9.88 Å². The van der Waals surface area contributed by atoms with Gasteiger partial charge in [-0.15, -0.1) is 22.7 Å². The predicted molar refractivity (Wildman–Crippen MR) is 140 cm³/mol. The lowest BCUT2D eigenvalue weighted by atomic mass is 10.0. The largest absolute Gasteiger partial charge is 0.497 e. The van der Waals surface area contributed by atoms with Crippen LogP contribution in [-0.4, -0.2) is 53.1 Å². The Morgan fingerprint density at radius 3 is 2.77 bits per heavy atom. The van der Waals surface area contributed by atoms with Crippen molar-refractivity contribution in [3.05, 3.63) is 64.4 Å². The number of ether oxygens (including phenoxy) is 1. The van der Waals surface area contributed by atoms with Crippen LogP contribution >= 0.6 is 22.7 Å². The van der Waals surface area contributed by atoms with Crippen LogP contribution in [0.15, 0.2) is 53.9 Å². The summed E-state index contributed by atoms with van der Waals surface area (Å²) in [5.41, 5.74) is 2.64. The number of amides is 1. The summed E-state index contributed by atoms with van der Waals surface area (Å²) in [5, 5.41) is 16.2. The van der Waals surface area contributed by atoms with Crippen molar-refractivity contribution in [2.45, 2.75) is 25.3 Å². The van der Waals surface area contributed by atoms with Gasteiger partial charge >= 0.3 is 5.97 Å². The van der Waals surface area contributed by atoms with Gasteiger partial charge in [0.25, 0.3) is 0 Å². The minimum Gasteiger partial charge on any atom is -0.497 e. The van der Waals surface area contributed by atoms with Crippen molar-refractivity contribution in [2.75, 3.05) is 25.5 Å². The van der Waals surface area contributed by atoms with Crippen molar-refractivity contribution in [2.24, 2.45) is 0 Å². The number of methoxy groups -OCH3 is 1. The number of aromatic carboxylic acids is 1. The third-order valence-electron chi connectivity index (χ3n) is 6.31. The fraction of sp³-hybridized carbons (Fsp3) is 0.269. The Bertz CT molecular complexity index is 1360. The van der Waals surface area contributed by atoms with Crippen LogP contribution < -0.4 is 10.1 Å². The number of nitrogens with zero attached hydrogens (tertiary/aromatic N) is 2. The first kappa shape index (κ1) is 23.5. The lowest BCUT2D eigenvalue weighted by molar-refractivity contribution is -0.117.